The molecule has 5 nitrogen and oxygen atoms in total. The second kappa shape index (κ2) is 7.11. The Morgan fingerprint density at radius 3 is 2.62 bits per heavy atom. The SMILES string of the molecule is CC(C)(CC(N)=O)NC(=O)c1ccc(C#CCO)c(Cl)c1. The number of rotatable bonds is 4. The fourth-order valence-corrected chi connectivity index (χ4v) is 1.98. The van der Waals surface area contributed by atoms with Crippen LogP contribution in [-0.4, -0.2) is 29.1 Å². The number of hydrogen-bond acceptors (Lipinski definition) is 3. The van der Waals surface area contributed by atoms with E-state index in [0.29, 0.717) is 16.1 Å². The minimum Gasteiger partial charge on any atom is -0.384 e. The van der Waals surface area contributed by atoms with Gasteiger partial charge in [0.25, 0.3) is 5.91 Å². The first-order valence-electron chi connectivity index (χ1n) is 6.25. The normalized spacial score (nSPS) is 10.5. The smallest absolute Gasteiger partial charge is 0.251 e. The Labute approximate surface area is 128 Å². The third kappa shape index (κ3) is 5.46. The molecule has 0 aliphatic rings. The van der Waals surface area contributed by atoms with E-state index in [4.69, 9.17) is 22.4 Å². The molecular formula is C15H17ClN2O3. The summed E-state index contributed by atoms with van der Waals surface area (Å²) in [5, 5.41) is 11.7. The summed E-state index contributed by atoms with van der Waals surface area (Å²) in [6, 6.07) is 4.66. The van der Waals surface area contributed by atoms with Crippen LogP contribution in [0.1, 0.15) is 36.2 Å². The van der Waals surface area contributed by atoms with Gasteiger partial charge in [0.15, 0.2) is 0 Å². The molecule has 21 heavy (non-hydrogen) atoms. The van der Waals surface area contributed by atoms with Crippen molar-refractivity contribution >= 4 is 23.4 Å². The lowest BCUT2D eigenvalue weighted by Crippen LogP contribution is -2.46. The first-order chi connectivity index (χ1) is 9.75. The molecule has 112 valence electrons. The summed E-state index contributed by atoms with van der Waals surface area (Å²) < 4.78 is 0. The van der Waals surface area contributed by atoms with E-state index in [9.17, 15) is 9.59 Å². The quantitative estimate of drug-likeness (QED) is 0.726. The number of primary amides is 1. The molecule has 0 bridgehead atoms. The van der Waals surface area contributed by atoms with E-state index in [0.717, 1.165) is 0 Å². The molecule has 0 unspecified atom stereocenters. The monoisotopic (exact) mass is 308 g/mol. The van der Waals surface area contributed by atoms with Crippen molar-refractivity contribution in [2.75, 3.05) is 6.61 Å². The van der Waals surface area contributed by atoms with Crippen LogP contribution < -0.4 is 11.1 Å². The van der Waals surface area contributed by atoms with Gasteiger partial charge in [0.2, 0.25) is 5.91 Å². The summed E-state index contributed by atoms with van der Waals surface area (Å²) >= 11 is 6.03. The van der Waals surface area contributed by atoms with Gasteiger partial charge in [0.1, 0.15) is 6.61 Å². The zero-order chi connectivity index (χ0) is 16.0. The van der Waals surface area contributed by atoms with Gasteiger partial charge >= 0.3 is 0 Å². The highest BCUT2D eigenvalue weighted by molar-refractivity contribution is 6.32. The van der Waals surface area contributed by atoms with E-state index < -0.39 is 11.4 Å². The van der Waals surface area contributed by atoms with Gasteiger partial charge in [0.05, 0.1) is 5.02 Å². The van der Waals surface area contributed by atoms with E-state index in [1.54, 1.807) is 26.0 Å². The van der Waals surface area contributed by atoms with Gasteiger partial charge in [-0.25, -0.2) is 0 Å². The summed E-state index contributed by atoms with van der Waals surface area (Å²) in [7, 11) is 0. The van der Waals surface area contributed by atoms with Crippen LogP contribution in [0.2, 0.25) is 5.02 Å². The highest BCUT2D eigenvalue weighted by Crippen LogP contribution is 2.18. The van der Waals surface area contributed by atoms with E-state index in [-0.39, 0.29) is 18.9 Å². The number of nitrogens with two attached hydrogens (primary N) is 1. The molecule has 0 heterocycles. The van der Waals surface area contributed by atoms with Crippen molar-refractivity contribution in [2.24, 2.45) is 5.73 Å². The zero-order valence-electron chi connectivity index (χ0n) is 11.9. The second-order valence-electron chi connectivity index (χ2n) is 5.14. The van der Waals surface area contributed by atoms with E-state index in [1.807, 2.05) is 0 Å². The maximum Gasteiger partial charge on any atom is 0.251 e. The van der Waals surface area contributed by atoms with Crippen molar-refractivity contribution in [3.8, 4) is 11.8 Å². The zero-order valence-corrected chi connectivity index (χ0v) is 12.6. The topological polar surface area (TPSA) is 92.4 Å². The molecule has 0 aliphatic heterocycles. The highest BCUT2D eigenvalue weighted by Gasteiger charge is 2.23. The third-order valence-electron chi connectivity index (χ3n) is 2.60. The molecular weight excluding hydrogens is 292 g/mol. The summed E-state index contributed by atoms with van der Waals surface area (Å²) in [5.41, 5.74) is 5.27. The summed E-state index contributed by atoms with van der Waals surface area (Å²) in [6.45, 7) is 3.15. The van der Waals surface area contributed by atoms with Crippen LogP contribution in [0.3, 0.4) is 0 Å². The summed E-state index contributed by atoms with van der Waals surface area (Å²) in [5.74, 6) is 4.31. The van der Waals surface area contributed by atoms with Crippen molar-refractivity contribution in [3.05, 3.63) is 34.3 Å². The van der Waals surface area contributed by atoms with Crippen molar-refractivity contribution in [1.29, 1.82) is 0 Å². The average molecular weight is 309 g/mol. The molecule has 1 aromatic rings. The minimum atomic E-state index is -0.745. The van der Waals surface area contributed by atoms with Crippen molar-refractivity contribution in [3.63, 3.8) is 0 Å². The number of aliphatic hydroxyl groups excluding tert-OH is 1. The Kier molecular flexibility index (Phi) is 5.77. The Balaban J connectivity index is 2.89. The van der Waals surface area contributed by atoms with Crippen LogP contribution in [0.5, 0.6) is 0 Å². The van der Waals surface area contributed by atoms with Gasteiger partial charge in [-0.05, 0) is 32.0 Å². The maximum absolute atomic E-state index is 12.1. The molecule has 1 aromatic carbocycles. The predicted molar refractivity (Wildman–Crippen MR) is 80.8 cm³/mol. The first-order valence-corrected chi connectivity index (χ1v) is 6.63. The van der Waals surface area contributed by atoms with Crippen LogP contribution in [0, 0.1) is 11.8 Å². The number of nitrogens with one attached hydrogen (secondary N) is 1. The lowest BCUT2D eigenvalue weighted by atomic mass is 9.99. The Morgan fingerprint density at radius 2 is 2.10 bits per heavy atom. The Morgan fingerprint density at radius 1 is 1.43 bits per heavy atom. The number of carbonyl (C=O) groups excluding carboxylic acids is 2. The average Bonchev–Trinajstić information content (AvgIpc) is 2.34. The van der Waals surface area contributed by atoms with Gasteiger partial charge in [-0.15, -0.1) is 0 Å². The standard InChI is InChI=1S/C15H17ClN2O3/c1-15(2,9-13(17)20)18-14(21)11-6-5-10(4-3-7-19)12(16)8-11/h5-6,8,19H,7,9H2,1-2H3,(H2,17,20)(H,18,21). The third-order valence-corrected chi connectivity index (χ3v) is 2.91. The molecule has 0 saturated carbocycles. The van der Waals surface area contributed by atoms with Crippen LogP contribution in [0.25, 0.3) is 0 Å². The lowest BCUT2D eigenvalue weighted by Gasteiger charge is -2.24. The molecule has 6 heteroatoms. The number of hydrogen-bond donors (Lipinski definition) is 3. The predicted octanol–water partition coefficient (Wildman–Crippen LogP) is 1.07. The van der Waals surface area contributed by atoms with Crippen LogP contribution in [-0.2, 0) is 4.79 Å². The van der Waals surface area contributed by atoms with E-state index in [2.05, 4.69) is 17.2 Å². The number of halogens is 1. The minimum absolute atomic E-state index is 0.0343. The van der Waals surface area contributed by atoms with Gasteiger partial charge in [-0.3, -0.25) is 9.59 Å². The lowest BCUT2D eigenvalue weighted by molar-refractivity contribution is -0.119. The van der Waals surface area contributed by atoms with Crippen molar-refractivity contribution in [2.45, 2.75) is 25.8 Å². The largest absolute Gasteiger partial charge is 0.384 e. The van der Waals surface area contributed by atoms with Crippen molar-refractivity contribution < 1.29 is 14.7 Å². The Bertz CT molecular complexity index is 615. The number of aliphatic hydroxyl groups is 1. The van der Waals surface area contributed by atoms with E-state index in [1.165, 1.54) is 6.07 Å². The van der Waals surface area contributed by atoms with Gasteiger partial charge in [0, 0.05) is 23.1 Å². The molecule has 4 N–H and O–H groups in total. The van der Waals surface area contributed by atoms with Crippen LogP contribution >= 0.6 is 11.6 Å². The number of amides is 2. The molecule has 0 aromatic heterocycles. The van der Waals surface area contributed by atoms with Crippen LogP contribution in [0.15, 0.2) is 18.2 Å². The molecule has 0 saturated heterocycles. The van der Waals surface area contributed by atoms with Gasteiger partial charge < -0.3 is 16.2 Å². The van der Waals surface area contributed by atoms with Crippen molar-refractivity contribution in [1.82, 2.24) is 5.32 Å². The molecule has 0 radical (unpaired) electrons. The van der Waals surface area contributed by atoms with Gasteiger partial charge in [-0.1, -0.05) is 23.4 Å². The van der Waals surface area contributed by atoms with Gasteiger partial charge in [-0.2, -0.15) is 0 Å². The highest BCUT2D eigenvalue weighted by atomic mass is 35.5. The Hall–Kier alpha value is -2.03. The van der Waals surface area contributed by atoms with Crippen LogP contribution in [0.4, 0.5) is 0 Å². The molecule has 1 rings (SSSR count). The summed E-state index contributed by atoms with van der Waals surface area (Å²) in [6.07, 6.45) is 0.0343. The molecule has 0 atom stereocenters. The van der Waals surface area contributed by atoms with E-state index >= 15 is 0 Å². The molecule has 0 fully saturated rings. The second-order valence-corrected chi connectivity index (χ2v) is 5.54. The number of benzene rings is 1. The fraction of sp³-hybridized carbons (Fsp3) is 0.333. The molecule has 0 spiro atoms. The molecule has 0 aliphatic carbocycles. The summed E-state index contributed by atoms with van der Waals surface area (Å²) in [4.78, 5) is 23.1. The first kappa shape index (κ1) is 17.0. The fourth-order valence-electron chi connectivity index (χ4n) is 1.75. The molecule has 2 amide bonds. The number of carbonyl (C=O) groups is 2. The maximum atomic E-state index is 12.1.